The smallest absolute Gasteiger partial charge is 0.254 e. The van der Waals surface area contributed by atoms with E-state index in [9.17, 15) is 17.6 Å². The number of halogens is 1. The number of rotatable bonds is 2. The fourth-order valence-electron chi connectivity index (χ4n) is 1.56. The highest BCUT2D eigenvalue weighted by Crippen LogP contribution is 2.12. The van der Waals surface area contributed by atoms with Gasteiger partial charge in [0.2, 0.25) is 0 Å². The van der Waals surface area contributed by atoms with Crippen LogP contribution in [0.15, 0.2) is 24.3 Å². The molecule has 1 aliphatic rings. The van der Waals surface area contributed by atoms with Crippen molar-refractivity contribution in [3.05, 3.63) is 35.6 Å². The molecule has 6 heteroatoms. The number of carbonyl (C=O) groups excluding carboxylic acids is 1. The van der Waals surface area contributed by atoms with E-state index < -0.39 is 27.6 Å². The van der Waals surface area contributed by atoms with Crippen LogP contribution in [0.1, 0.15) is 10.4 Å². The van der Waals surface area contributed by atoms with Crippen molar-refractivity contribution in [3.8, 4) is 0 Å². The largest absolute Gasteiger partial charge is 0.347 e. The summed E-state index contributed by atoms with van der Waals surface area (Å²) in [6.45, 7) is 0. The molecule has 0 bridgehead atoms. The Morgan fingerprint density at radius 3 is 2.50 bits per heavy atom. The molecule has 1 amide bonds. The summed E-state index contributed by atoms with van der Waals surface area (Å²) in [6.07, 6.45) is 0. The zero-order valence-corrected chi connectivity index (χ0v) is 9.13. The SMILES string of the molecule is O=C(NC1CS(=O)(=O)C1)c1ccccc1F. The van der Waals surface area contributed by atoms with Crippen LogP contribution in [0.5, 0.6) is 0 Å². The molecular formula is C10H10FNO3S. The van der Waals surface area contributed by atoms with E-state index in [0.717, 1.165) is 0 Å². The van der Waals surface area contributed by atoms with Crippen molar-refractivity contribution in [1.29, 1.82) is 0 Å². The zero-order chi connectivity index (χ0) is 11.8. The van der Waals surface area contributed by atoms with E-state index in [1.165, 1.54) is 18.2 Å². The van der Waals surface area contributed by atoms with Gasteiger partial charge in [0.05, 0.1) is 23.1 Å². The molecule has 0 aromatic heterocycles. The van der Waals surface area contributed by atoms with Gasteiger partial charge in [0.15, 0.2) is 9.84 Å². The number of carbonyl (C=O) groups is 1. The Balaban J connectivity index is 2.02. The van der Waals surface area contributed by atoms with E-state index in [-0.39, 0.29) is 17.1 Å². The van der Waals surface area contributed by atoms with Gasteiger partial charge in [-0.15, -0.1) is 0 Å². The number of hydrogen-bond acceptors (Lipinski definition) is 3. The van der Waals surface area contributed by atoms with Crippen molar-refractivity contribution in [2.75, 3.05) is 11.5 Å². The Kier molecular flexibility index (Phi) is 2.67. The lowest BCUT2D eigenvalue weighted by Crippen LogP contribution is -2.53. The van der Waals surface area contributed by atoms with Gasteiger partial charge >= 0.3 is 0 Å². The van der Waals surface area contributed by atoms with Gasteiger partial charge in [-0.1, -0.05) is 12.1 Å². The molecule has 4 nitrogen and oxygen atoms in total. The van der Waals surface area contributed by atoms with Crippen LogP contribution in [0.25, 0.3) is 0 Å². The molecule has 2 rings (SSSR count). The monoisotopic (exact) mass is 243 g/mol. The van der Waals surface area contributed by atoms with Gasteiger partial charge in [-0.25, -0.2) is 12.8 Å². The Bertz CT molecular complexity index is 515. The van der Waals surface area contributed by atoms with Crippen molar-refractivity contribution in [1.82, 2.24) is 5.32 Å². The van der Waals surface area contributed by atoms with Gasteiger partial charge in [-0.05, 0) is 12.1 Å². The van der Waals surface area contributed by atoms with Gasteiger partial charge in [-0.2, -0.15) is 0 Å². The fourth-order valence-corrected chi connectivity index (χ4v) is 2.85. The Morgan fingerprint density at radius 1 is 1.31 bits per heavy atom. The summed E-state index contributed by atoms with van der Waals surface area (Å²) in [5, 5.41) is 2.47. The Hall–Kier alpha value is -1.43. The zero-order valence-electron chi connectivity index (χ0n) is 8.31. The van der Waals surface area contributed by atoms with E-state index in [1.807, 2.05) is 0 Å². The topological polar surface area (TPSA) is 63.2 Å². The first kappa shape index (κ1) is 11.1. The minimum Gasteiger partial charge on any atom is -0.347 e. The van der Waals surface area contributed by atoms with Gasteiger partial charge < -0.3 is 5.32 Å². The molecule has 0 radical (unpaired) electrons. The van der Waals surface area contributed by atoms with Gasteiger partial charge in [-0.3, -0.25) is 4.79 Å². The second-order valence-electron chi connectivity index (χ2n) is 3.73. The third-order valence-electron chi connectivity index (χ3n) is 2.36. The van der Waals surface area contributed by atoms with Gasteiger partial charge in [0.25, 0.3) is 5.91 Å². The predicted molar refractivity (Wildman–Crippen MR) is 56.3 cm³/mol. The average molecular weight is 243 g/mol. The lowest BCUT2D eigenvalue weighted by atomic mass is 10.2. The number of hydrogen-bond donors (Lipinski definition) is 1. The summed E-state index contributed by atoms with van der Waals surface area (Å²) in [5.41, 5.74) is -0.0632. The summed E-state index contributed by atoms with van der Waals surface area (Å²) in [5.74, 6) is -1.31. The highest BCUT2D eigenvalue weighted by molar-refractivity contribution is 7.92. The molecule has 1 aliphatic heterocycles. The molecule has 16 heavy (non-hydrogen) atoms. The van der Waals surface area contributed by atoms with E-state index in [4.69, 9.17) is 0 Å². The predicted octanol–water partition coefficient (Wildman–Crippen LogP) is 0.353. The van der Waals surface area contributed by atoms with Crippen LogP contribution in [-0.2, 0) is 9.84 Å². The third kappa shape index (κ3) is 2.21. The van der Waals surface area contributed by atoms with Crippen LogP contribution in [0.2, 0.25) is 0 Å². The molecule has 0 aliphatic carbocycles. The molecule has 86 valence electrons. The molecule has 1 fully saturated rings. The number of sulfone groups is 1. The van der Waals surface area contributed by atoms with Crippen LogP contribution >= 0.6 is 0 Å². The number of nitrogens with one attached hydrogen (secondary N) is 1. The summed E-state index contributed by atoms with van der Waals surface area (Å²) in [6, 6.07) is 5.19. The molecule has 0 unspecified atom stereocenters. The summed E-state index contributed by atoms with van der Waals surface area (Å²) in [7, 11) is -2.98. The maximum absolute atomic E-state index is 13.2. The highest BCUT2D eigenvalue weighted by atomic mass is 32.2. The van der Waals surface area contributed by atoms with E-state index in [2.05, 4.69) is 5.32 Å². The first-order valence-corrected chi connectivity index (χ1v) is 6.56. The van der Waals surface area contributed by atoms with Crippen molar-refractivity contribution in [2.24, 2.45) is 0 Å². The molecule has 1 N–H and O–H groups in total. The summed E-state index contributed by atoms with van der Waals surface area (Å²) in [4.78, 5) is 11.5. The second kappa shape index (κ2) is 3.86. The third-order valence-corrected chi connectivity index (χ3v) is 4.18. The second-order valence-corrected chi connectivity index (χ2v) is 5.88. The molecular weight excluding hydrogens is 233 g/mol. The molecule has 1 aromatic carbocycles. The molecule has 0 spiro atoms. The van der Waals surface area contributed by atoms with Gasteiger partial charge in [0.1, 0.15) is 5.82 Å². The quantitative estimate of drug-likeness (QED) is 0.815. The van der Waals surface area contributed by atoms with E-state index >= 15 is 0 Å². The lowest BCUT2D eigenvalue weighted by Gasteiger charge is -2.26. The van der Waals surface area contributed by atoms with Gasteiger partial charge in [0, 0.05) is 0 Å². The first-order valence-electron chi connectivity index (χ1n) is 4.74. The first-order chi connectivity index (χ1) is 7.48. The molecule has 1 heterocycles. The van der Waals surface area contributed by atoms with Crippen LogP contribution in [0.4, 0.5) is 4.39 Å². The molecule has 1 aromatic rings. The Morgan fingerprint density at radius 2 is 1.94 bits per heavy atom. The van der Waals surface area contributed by atoms with Crippen LogP contribution in [-0.4, -0.2) is 31.9 Å². The fraction of sp³-hybridized carbons (Fsp3) is 0.300. The van der Waals surface area contributed by atoms with Crippen LogP contribution < -0.4 is 5.32 Å². The van der Waals surface area contributed by atoms with Crippen LogP contribution in [0, 0.1) is 5.82 Å². The lowest BCUT2D eigenvalue weighted by molar-refractivity contribution is 0.0938. The van der Waals surface area contributed by atoms with Crippen molar-refractivity contribution in [3.63, 3.8) is 0 Å². The highest BCUT2D eigenvalue weighted by Gasteiger charge is 2.34. The Labute approximate surface area is 92.4 Å². The maximum atomic E-state index is 13.2. The average Bonchev–Trinajstić information content (AvgIpc) is 2.15. The molecule has 0 saturated carbocycles. The van der Waals surface area contributed by atoms with Crippen molar-refractivity contribution < 1.29 is 17.6 Å². The van der Waals surface area contributed by atoms with Crippen molar-refractivity contribution in [2.45, 2.75) is 6.04 Å². The molecule has 0 atom stereocenters. The van der Waals surface area contributed by atoms with E-state index in [1.54, 1.807) is 6.07 Å². The minimum atomic E-state index is -2.98. The summed E-state index contributed by atoms with van der Waals surface area (Å²) < 4.78 is 34.9. The number of benzene rings is 1. The van der Waals surface area contributed by atoms with E-state index in [0.29, 0.717) is 0 Å². The standard InChI is InChI=1S/C10H10FNO3S/c11-9-4-2-1-3-8(9)10(13)12-7-5-16(14,15)6-7/h1-4,7H,5-6H2,(H,12,13). The van der Waals surface area contributed by atoms with Crippen molar-refractivity contribution >= 4 is 15.7 Å². The van der Waals surface area contributed by atoms with Crippen LogP contribution in [0.3, 0.4) is 0 Å². The summed E-state index contributed by atoms with van der Waals surface area (Å²) >= 11 is 0. The molecule has 1 saturated heterocycles. The normalized spacial score (nSPS) is 18.8. The minimum absolute atomic E-state index is 0.0623. The maximum Gasteiger partial charge on any atom is 0.254 e. The number of amides is 1.